The lowest BCUT2D eigenvalue weighted by molar-refractivity contribution is -0.274. The van der Waals surface area contributed by atoms with E-state index >= 15 is 0 Å². The van der Waals surface area contributed by atoms with E-state index in [4.69, 9.17) is 5.21 Å². The number of carbonyl (C=O) groups is 2. The molecule has 2 N–H and O–H groups in total. The van der Waals surface area contributed by atoms with Crippen LogP contribution < -0.4 is 10.2 Å². The van der Waals surface area contributed by atoms with E-state index in [1.54, 1.807) is 28.6 Å². The predicted molar refractivity (Wildman–Crippen MR) is 91.6 cm³/mol. The third-order valence-electron chi connectivity index (χ3n) is 4.45. The number of halogens is 3. The average Bonchev–Trinajstić information content (AvgIpc) is 2.66. The predicted octanol–water partition coefficient (Wildman–Crippen LogP) is 2.83. The standard InChI is InChI=1S/C19H17F3N2O4/c20-19(21,22)28-16-5-1-12(2-6-16)9-17(25)24-8-7-13-10-14(18(26)23-27)3-4-15(13)11-24/h1-6,10,27H,7-9,11H2,(H,23,26). The summed E-state index contributed by atoms with van der Waals surface area (Å²) in [7, 11) is 0. The van der Waals surface area contributed by atoms with Gasteiger partial charge in [0.2, 0.25) is 5.91 Å². The van der Waals surface area contributed by atoms with Crippen LogP contribution in [0.25, 0.3) is 0 Å². The second-order valence-electron chi connectivity index (χ2n) is 6.36. The second kappa shape index (κ2) is 7.89. The van der Waals surface area contributed by atoms with Gasteiger partial charge >= 0.3 is 6.36 Å². The van der Waals surface area contributed by atoms with E-state index in [0.29, 0.717) is 30.6 Å². The van der Waals surface area contributed by atoms with Gasteiger partial charge in [-0.2, -0.15) is 0 Å². The molecule has 0 fully saturated rings. The Labute approximate surface area is 158 Å². The van der Waals surface area contributed by atoms with E-state index in [-0.39, 0.29) is 18.1 Å². The summed E-state index contributed by atoms with van der Waals surface area (Å²) >= 11 is 0. The summed E-state index contributed by atoms with van der Waals surface area (Å²) in [6.45, 7) is 0.843. The molecule has 6 nitrogen and oxygen atoms in total. The molecule has 0 saturated heterocycles. The SMILES string of the molecule is O=C(NO)c1ccc2c(c1)CCN(C(=O)Cc1ccc(OC(F)(F)F)cc1)C2. The van der Waals surface area contributed by atoms with Gasteiger partial charge < -0.3 is 9.64 Å². The number of nitrogens with zero attached hydrogens (tertiary/aromatic N) is 1. The lowest BCUT2D eigenvalue weighted by Gasteiger charge is -2.29. The summed E-state index contributed by atoms with van der Waals surface area (Å²) in [6, 6.07) is 10.2. The van der Waals surface area contributed by atoms with Gasteiger partial charge in [0.1, 0.15) is 5.75 Å². The van der Waals surface area contributed by atoms with Crippen molar-refractivity contribution in [1.82, 2.24) is 10.4 Å². The molecule has 2 amide bonds. The molecule has 0 aromatic heterocycles. The molecule has 1 aliphatic heterocycles. The molecule has 0 saturated carbocycles. The van der Waals surface area contributed by atoms with Crippen molar-refractivity contribution in [2.75, 3.05) is 6.54 Å². The zero-order chi connectivity index (χ0) is 20.3. The number of benzene rings is 2. The Bertz CT molecular complexity index is 882. The molecule has 2 aromatic rings. The number of hydrogen-bond acceptors (Lipinski definition) is 4. The quantitative estimate of drug-likeness (QED) is 0.618. The van der Waals surface area contributed by atoms with Crippen molar-refractivity contribution in [1.29, 1.82) is 0 Å². The van der Waals surface area contributed by atoms with Gasteiger partial charge in [-0.25, -0.2) is 5.48 Å². The summed E-state index contributed by atoms with van der Waals surface area (Å²) in [5.74, 6) is -1.08. The van der Waals surface area contributed by atoms with Gasteiger partial charge in [-0.1, -0.05) is 18.2 Å². The van der Waals surface area contributed by atoms with Gasteiger partial charge in [0, 0.05) is 18.7 Å². The first-order chi connectivity index (χ1) is 13.2. The monoisotopic (exact) mass is 394 g/mol. The van der Waals surface area contributed by atoms with E-state index in [1.807, 2.05) is 0 Å². The van der Waals surface area contributed by atoms with Crippen LogP contribution in [0.5, 0.6) is 5.75 Å². The summed E-state index contributed by atoms with van der Waals surface area (Å²) in [6.07, 6.45) is -4.13. The number of hydrogen-bond donors (Lipinski definition) is 2. The maximum atomic E-state index is 12.5. The third-order valence-corrected chi connectivity index (χ3v) is 4.45. The molecule has 0 radical (unpaired) electrons. The number of rotatable bonds is 4. The van der Waals surface area contributed by atoms with Crippen LogP contribution in [-0.4, -0.2) is 34.8 Å². The van der Waals surface area contributed by atoms with E-state index in [2.05, 4.69) is 4.74 Å². The van der Waals surface area contributed by atoms with Crippen LogP contribution in [0.3, 0.4) is 0 Å². The molecule has 3 rings (SSSR count). The molecule has 1 heterocycles. The van der Waals surface area contributed by atoms with Crippen molar-refractivity contribution in [3.63, 3.8) is 0 Å². The Morgan fingerprint density at radius 3 is 2.46 bits per heavy atom. The lowest BCUT2D eigenvalue weighted by atomic mass is 9.96. The number of carbonyl (C=O) groups excluding carboxylic acids is 2. The van der Waals surface area contributed by atoms with Crippen molar-refractivity contribution < 1.29 is 32.7 Å². The minimum Gasteiger partial charge on any atom is -0.406 e. The molecule has 0 aliphatic carbocycles. The molecule has 28 heavy (non-hydrogen) atoms. The highest BCUT2D eigenvalue weighted by Gasteiger charge is 2.31. The van der Waals surface area contributed by atoms with Crippen LogP contribution in [-0.2, 0) is 24.2 Å². The molecule has 0 bridgehead atoms. The summed E-state index contributed by atoms with van der Waals surface area (Å²) in [5, 5.41) is 8.70. The fourth-order valence-electron chi connectivity index (χ4n) is 3.07. The summed E-state index contributed by atoms with van der Waals surface area (Å²) in [5.41, 5.74) is 4.34. The van der Waals surface area contributed by atoms with Crippen LogP contribution in [0.15, 0.2) is 42.5 Å². The summed E-state index contributed by atoms with van der Waals surface area (Å²) in [4.78, 5) is 25.7. The molecule has 148 valence electrons. The maximum absolute atomic E-state index is 12.5. The molecule has 2 aromatic carbocycles. The Morgan fingerprint density at radius 1 is 1.11 bits per heavy atom. The van der Waals surface area contributed by atoms with Crippen molar-refractivity contribution in [3.8, 4) is 5.75 Å². The smallest absolute Gasteiger partial charge is 0.406 e. The molecule has 1 aliphatic rings. The number of amides is 2. The number of ether oxygens (including phenoxy) is 1. The van der Waals surface area contributed by atoms with E-state index < -0.39 is 12.3 Å². The molecular weight excluding hydrogens is 377 g/mol. The lowest BCUT2D eigenvalue weighted by Crippen LogP contribution is -2.37. The van der Waals surface area contributed by atoms with E-state index in [9.17, 15) is 22.8 Å². The Hall–Kier alpha value is -3.07. The van der Waals surface area contributed by atoms with Gasteiger partial charge in [-0.15, -0.1) is 13.2 Å². The minimum absolute atomic E-state index is 0.0621. The first-order valence-electron chi connectivity index (χ1n) is 8.44. The molecule has 9 heteroatoms. The van der Waals surface area contributed by atoms with Crippen LogP contribution in [0.1, 0.15) is 27.0 Å². The molecule has 0 atom stereocenters. The Balaban J connectivity index is 1.62. The fourth-order valence-corrected chi connectivity index (χ4v) is 3.07. The van der Waals surface area contributed by atoms with Crippen molar-refractivity contribution in [2.45, 2.75) is 25.7 Å². The highest BCUT2D eigenvalue weighted by Crippen LogP contribution is 2.24. The maximum Gasteiger partial charge on any atom is 0.573 e. The Kier molecular flexibility index (Phi) is 5.55. The minimum atomic E-state index is -4.75. The number of nitrogens with one attached hydrogen (secondary N) is 1. The van der Waals surface area contributed by atoms with Crippen LogP contribution >= 0.6 is 0 Å². The molecule has 0 unspecified atom stereocenters. The Morgan fingerprint density at radius 2 is 1.82 bits per heavy atom. The first-order valence-corrected chi connectivity index (χ1v) is 8.44. The van der Waals surface area contributed by atoms with Crippen LogP contribution in [0.4, 0.5) is 13.2 Å². The van der Waals surface area contributed by atoms with Gasteiger partial charge in [0.05, 0.1) is 6.42 Å². The molecular formula is C19H17F3N2O4. The van der Waals surface area contributed by atoms with Crippen molar-refractivity contribution in [3.05, 3.63) is 64.7 Å². The normalized spacial score (nSPS) is 13.6. The largest absolute Gasteiger partial charge is 0.573 e. The molecule has 0 spiro atoms. The fraction of sp³-hybridized carbons (Fsp3) is 0.263. The number of fused-ring (bicyclic) bond motifs is 1. The topological polar surface area (TPSA) is 78.9 Å². The van der Waals surface area contributed by atoms with E-state index in [1.165, 1.54) is 24.3 Å². The third kappa shape index (κ3) is 4.80. The van der Waals surface area contributed by atoms with Gasteiger partial charge in [-0.05, 0) is 47.4 Å². The average molecular weight is 394 g/mol. The highest BCUT2D eigenvalue weighted by atomic mass is 19.4. The van der Waals surface area contributed by atoms with Crippen molar-refractivity contribution in [2.24, 2.45) is 0 Å². The van der Waals surface area contributed by atoms with Crippen molar-refractivity contribution >= 4 is 11.8 Å². The van der Waals surface area contributed by atoms with Crippen LogP contribution in [0.2, 0.25) is 0 Å². The highest BCUT2D eigenvalue weighted by molar-refractivity contribution is 5.93. The van der Waals surface area contributed by atoms with Gasteiger partial charge in [0.15, 0.2) is 0 Å². The zero-order valence-corrected chi connectivity index (χ0v) is 14.6. The summed E-state index contributed by atoms with van der Waals surface area (Å²) < 4.78 is 40.4. The zero-order valence-electron chi connectivity index (χ0n) is 14.6. The van der Waals surface area contributed by atoms with Gasteiger partial charge in [-0.3, -0.25) is 14.8 Å². The number of hydroxylamine groups is 1. The second-order valence-corrected chi connectivity index (χ2v) is 6.36. The number of alkyl halides is 3. The first kappa shape index (κ1) is 19.7. The van der Waals surface area contributed by atoms with Gasteiger partial charge in [0.25, 0.3) is 5.91 Å². The van der Waals surface area contributed by atoms with E-state index in [0.717, 1.165) is 11.1 Å². The van der Waals surface area contributed by atoms with Crippen LogP contribution in [0, 0.1) is 0 Å².